The van der Waals surface area contributed by atoms with E-state index < -0.39 is 18.5 Å². The molecule has 7 nitrogen and oxygen atoms in total. The summed E-state index contributed by atoms with van der Waals surface area (Å²) in [5.74, 6) is 0.266. The number of carbonyl (C=O) groups excluding carboxylic acids is 1. The fourth-order valence-electron chi connectivity index (χ4n) is 1.35. The van der Waals surface area contributed by atoms with Crippen LogP contribution in [0.1, 0.15) is 12.8 Å². The van der Waals surface area contributed by atoms with Crippen LogP contribution < -0.4 is 0 Å². The molecule has 0 saturated carbocycles. The highest BCUT2D eigenvalue weighted by molar-refractivity contribution is 5.59. The molecule has 0 spiro atoms. The summed E-state index contributed by atoms with van der Waals surface area (Å²) in [6.45, 7) is 0.145. The lowest BCUT2D eigenvalue weighted by molar-refractivity contribution is -0.163. The van der Waals surface area contributed by atoms with Gasteiger partial charge in [0.05, 0.1) is 19.8 Å². The Morgan fingerprint density at radius 1 is 1.59 bits per heavy atom. The van der Waals surface area contributed by atoms with Gasteiger partial charge in [0, 0.05) is 12.8 Å². The van der Waals surface area contributed by atoms with Crippen molar-refractivity contribution >= 4 is 6.16 Å². The van der Waals surface area contributed by atoms with Crippen LogP contribution in [0.2, 0.25) is 0 Å². The molecule has 0 radical (unpaired) electrons. The molecule has 0 aromatic rings. The van der Waals surface area contributed by atoms with E-state index in [1.54, 1.807) is 0 Å². The Balaban J connectivity index is 2.20. The van der Waals surface area contributed by atoms with Crippen LogP contribution in [0.3, 0.4) is 0 Å². The molecule has 0 aliphatic carbocycles. The minimum atomic E-state index is -0.783. The maximum absolute atomic E-state index is 10.6. The van der Waals surface area contributed by atoms with Crippen molar-refractivity contribution in [2.24, 2.45) is 0 Å². The Kier molecular flexibility index (Phi) is 5.58. The summed E-state index contributed by atoms with van der Waals surface area (Å²) in [5, 5.41) is 18.2. The molecule has 2 atom stereocenters. The third-order valence-electron chi connectivity index (χ3n) is 2.10. The van der Waals surface area contributed by atoms with Gasteiger partial charge in [0.1, 0.15) is 18.6 Å². The summed E-state index contributed by atoms with van der Waals surface area (Å²) in [5.41, 5.74) is 0. The summed E-state index contributed by atoms with van der Waals surface area (Å²) in [7, 11) is 1.21. The van der Waals surface area contributed by atoms with E-state index in [1.165, 1.54) is 7.11 Å². The van der Waals surface area contributed by atoms with Crippen molar-refractivity contribution in [3.05, 3.63) is 12.0 Å². The van der Waals surface area contributed by atoms with E-state index >= 15 is 0 Å². The van der Waals surface area contributed by atoms with Crippen molar-refractivity contribution in [3.63, 3.8) is 0 Å². The van der Waals surface area contributed by atoms with Gasteiger partial charge < -0.3 is 29.2 Å². The molecule has 1 aliphatic heterocycles. The smallest absolute Gasteiger partial charge is 0.508 e. The van der Waals surface area contributed by atoms with E-state index in [-0.39, 0.29) is 25.4 Å². The molecule has 17 heavy (non-hydrogen) atoms. The van der Waals surface area contributed by atoms with Crippen molar-refractivity contribution in [2.45, 2.75) is 25.2 Å². The summed E-state index contributed by atoms with van der Waals surface area (Å²) >= 11 is 0. The number of aliphatic hydroxyl groups is 2. The highest BCUT2D eigenvalue weighted by Gasteiger charge is 2.25. The van der Waals surface area contributed by atoms with Crippen molar-refractivity contribution in [3.8, 4) is 0 Å². The standard InChI is InChI=1S/C10H16O7/c1-14-10(13)16-3-2-15-9-5-7(12)4-8(6-11)17-9/h6-7,9,11-12H,2-5H2,1H3/b8-6+. The first kappa shape index (κ1) is 13.6. The molecular weight excluding hydrogens is 232 g/mol. The second kappa shape index (κ2) is 6.97. The van der Waals surface area contributed by atoms with E-state index in [0.717, 1.165) is 6.26 Å². The second-order valence-corrected chi connectivity index (χ2v) is 3.41. The quantitative estimate of drug-likeness (QED) is 0.429. The monoisotopic (exact) mass is 248 g/mol. The molecule has 2 N–H and O–H groups in total. The fourth-order valence-corrected chi connectivity index (χ4v) is 1.35. The molecule has 0 aromatic heterocycles. The van der Waals surface area contributed by atoms with Crippen LogP contribution in [0, 0.1) is 0 Å². The van der Waals surface area contributed by atoms with Crippen LogP contribution in [-0.4, -0.2) is 49.1 Å². The van der Waals surface area contributed by atoms with E-state index in [4.69, 9.17) is 14.6 Å². The number of hydrogen-bond acceptors (Lipinski definition) is 7. The zero-order valence-corrected chi connectivity index (χ0v) is 9.50. The van der Waals surface area contributed by atoms with Crippen LogP contribution in [-0.2, 0) is 18.9 Å². The SMILES string of the molecule is COC(=O)OCCOC1CC(O)C/C(=C\O)O1. The first-order chi connectivity index (χ1) is 8.15. The molecule has 2 unspecified atom stereocenters. The Morgan fingerprint density at radius 3 is 3.00 bits per heavy atom. The zero-order chi connectivity index (χ0) is 12.7. The lowest BCUT2D eigenvalue weighted by Gasteiger charge is -2.28. The number of rotatable bonds is 4. The largest absolute Gasteiger partial charge is 0.512 e. The summed E-state index contributed by atoms with van der Waals surface area (Å²) in [6, 6.07) is 0. The predicted octanol–water partition coefficient (Wildman–Crippen LogP) is 0.683. The minimum absolute atomic E-state index is 0.0286. The molecule has 1 aliphatic rings. The van der Waals surface area contributed by atoms with Crippen LogP contribution in [0.5, 0.6) is 0 Å². The number of carbonyl (C=O) groups is 1. The number of methoxy groups -OCH3 is 1. The summed E-state index contributed by atoms with van der Waals surface area (Å²) in [6.07, 6.45) is -0.699. The van der Waals surface area contributed by atoms with Gasteiger partial charge in [-0.3, -0.25) is 0 Å². The van der Waals surface area contributed by atoms with Crippen molar-refractivity contribution in [1.29, 1.82) is 0 Å². The van der Waals surface area contributed by atoms with Gasteiger partial charge in [-0.25, -0.2) is 4.79 Å². The maximum Gasteiger partial charge on any atom is 0.508 e. The van der Waals surface area contributed by atoms with Crippen LogP contribution in [0.15, 0.2) is 12.0 Å². The molecule has 7 heteroatoms. The van der Waals surface area contributed by atoms with Crippen molar-refractivity contribution < 1.29 is 34.0 Å². The molecule has 0 bridgehead atoms. The van der Waals surface area contributed by atoms with Gasteiger partial charge in [-0.1, -0.05) is 0 Å². The molecular formula is C10H16O7. The van der Waals surface area contributed by atoms with E-state index in [0.29, 0.717) is 6.42 Å². The Labute approximate surface area is 98.5 Å². The fraction of sp³-hybridized carbons (Fsp3) is 0.700. The normalized spacial score (nSPS) is 26.4. The first-order valence-corrected chi connectivity index (χ1v) is 5.16. The summed E-state index contributed by atoms with van der Waals surface area (Å²) < 4.78 is 19.3. The highest BCUT2D eigenvalue weighted by Crippen LogP contribution is 2.22. The van der Waals surface area contributed by atoms with E-state index in [2.05, 4.69) is 9.47 Å². The third kappa shape index (κ3) is 4.92. The van der Waals surface area contributed by atoms with Gasteiger partial charge in [-0.2, -0.15) is 0 Å². The summed E-state index contributed by atoms with van der Waals surface area (Å²) in [4.78, 5) is 10.6. The molecule has 0 aromatic carbocycles. The highest BCUT2D eigenvalue weighted by atomic mass is 16.7. The van der Waals surface area contributed by atoms with Gasteiger partial charge in [-0.15, -0.1) is 0 Å². The van der Waals surface area contributed by atoms with E-state index in [9.17, 15) is 9.90 Å². The number of hydrogen-bond donors (Lipinski definition) is 2. The second-order valence-electron chi connectivity index (χ2n) is 3.41. The number of ether oxygens (including phenoxy) is 4. The Morgan fingerprint density at radius 2 is 2.35 bits per heavy atom. The van der Waals surface area contributed by atoms with Crippen molar-refractivity contribution in [1.82, 2.24) is 0 Å². The van der Waals surface area contributed by atoms with Crippen LogP contribution in [0.25, 0.3) is 0 Å². The molecule has 0 amide bonds. The average Bonchev–Trinajstić information content (AvgIpc) is 2.33. The Bertz CT molecular complexity index is 276. The number of aliphatic hydroxyl groups excluding tert-OH is 2. The molecule has 98 valence electrons. The van der Waals surface area contributed by atoms with Crippen LogP contribution >= 0.6 is 0 Å². The van der Waals surface area contributed by atoms with Gasteiger partial charge >= 0.3 is 6.16 Å². The van der Waals surface area contributed by atoms with Crippen molar-refractivity contribution in [2.75, 3.05) is 20.3 Å². The Hall–Kier alpha value is -1.47. The molecule has 1 rings (SSSR count). The zero-order valence-electron chi connectivity index (χ0n) is 9.50. The lowest BCUT2D eigenvalue weighted by atomic mass is 10.1. The minimum Gasteiger partial charge on any atom is -0.512 e. The van der Waals surface area contributed by atoms with Gasteiger partial charge in [0.25, 0.3) is 0 Å². The van der Waals surface area contributed by atoms with E-state index in [1.807, 2.05) is 0 Å². The van der Waals surface area contributed by atoms with Crippen LogP contribution in [0.4, 0.5) is 4.79 Å². The molecule has 1 fully saturated rings. The topological polar surface area (TPSA) is 94.5 Å². The van der Waals surface area contributed by atoms with Gasteiger partial charge in [-0.05, 0) is 0 Å². The third-order valence-corrected chi connectivity index (χ3v) is 2.10. The molecule has 1 saturated heterocycles. The average molecular weight is 248 g/mol. The predicted molar refractivity (Wildman–Crippen MR) is 55.1 cm³/mol. The van der Waals surface area contributed by atoms with Gasteiger partial charge in [0.15, 0.2) is 0 Å². The van der Waals surface area contributed by atoms with Gasteiger partial charge in [0.2, 0.25) is 6.29 Å². The first-order valence-electron chi connectivity index (χ1n) is 5.16. The lowest BCUT2D eigenvalue weighted by Crippen LogP contribution is -2.31. The molecule has 1 heterocycles. The maximum atomic E-state index is 10.6.